The molecule has 1 rings (SSSR count). The monoisotopic (exact) mass is 238 g/mol. The van der Waals surface area contributed by atoms with E-state index in [1.807, 2.05) is 0 Å². The summed E-state index contributed by atoms with van der Waals surface area (Å²) in [5, 5.41) is 18.8. The van der Waals surface area contributed by atoms with Crippen LogP contribution in [0.25, 0.3) is 0 Å². The molecule has 1 aromatic carbocycles. The smallest absolute Gasteiger partial charge is 0.335 e. The molecule has 0 heterocycles. The SMILES string of the molecule is CC(C)(C)OC(=O)C(O)Cc1ccc(O)cc1. The van der Waals surface area contributed by atoms with Crippen LogP contribution in [0.5, 0.6) is 5.75 Å². The fourth-order valence-electron chi connectivity index (χ4n) is 1.31. The van der Waals surface area contributed by atoms with Gasteiger partial charge in [0.05, 0.1) is 0 Å². The van der Waals surface area contributed by atoms with Gasteiger partial charge in [-0.1, -0.05) is 12.1 Å². The number of aliphatic hydroxyl groups excluding tert-OH is 1. The number of carbonyl (C=O) groups is 1. The van der Waals surface area contributed by atoms with Crippen molar-refractivity contribution in [2.45, 2.75) is 38.9 Å². The molecule has 0 saturated heterocycles. The van der Waals surface area contributed by atoms with E-state index in [-0.39, 0.29) is 12.2 Å². The maximum Gasteiger partial charge on any atom is 0.335 e. The Bertz CT molecular complexity index is 375. The Morgan fingerprint density at radius 3 is 2.29 bits per heavy atom. The highest BCUT2D eigenvalue weighted by Gasteiger charge is 2.23. The Hall–Kier alpha value is -1.55. The lowest BCUT2D eigenvalue weighted by Gasteiger charge is -2.21. The predicted molar refractivity (Wildman–Crippen MR) is 63.7 cm³/mol. The van der Waals surface area contributed by atoms with Gasteiger partial charge in [0.15, 0.2) is 6.10 Å². The Labute approximate surface area is 101 Å². The number of hydrogen-bond donors (Lipinski definition) is 2. The molecule has 0 radical (unpaired) electrons. The average Bonchev–Trinajstić information content (AvgIpc) is 2.19. The molecule has 2 N–H and O–H groups in total. The van der Waals surface area contributed by atoms with Crippen molar-refractivity contribution in [2.24, 2.45) is 0 Å². The first kappa shape index (κ1) is 13.5. The fourth-order valence-corrected chi connectivity index (χ4v) is 1.31. The van der Waals surface area contributed by atoms with Gasteiger partial charge in [-0.25, -0.2) is 4.79 Å². The molecule has 0 bridgehead atoms. The highest BCUT2D eigenvalue weighted by Crippen LogP contribution is 2.13. The number of hydrogen-bond acceptors (Lipinski definition) is 4. The van der Waals surface area contributed by atoms with Gasteiger partial charge >= 0.3 is 5.97 Å². The molecule has 0 saturated carbocycles. The summed E-state index contributed by atoms with van der Waals surface area (Å²) >= 11 is 0. The van der Waals surface area contributed by atoms with Crippen molar-refractivity contribution in [3.05, 3.63) is 29.8 Å². The lowest BCUT2D eigenvalue weighted by molar-refractivity contribution is -0.164. The maximum atomic E-state index is 11.5. The predicted octanol–water partition coefficient (Wildman–Crippen LogP) is 1.64. The van der Waals surface area contributed by atoms with E-state index in [1.54, 1.807) is 32.9 Å². The standard InChI is InChI=1S/C13H18O4/c1-13(2,3)17-12(16)11(15)8-9-4-6-10(14)7-5-9/h4-7,11,14-15H,8H2,1-3H3. The van der Waals surface area contributed by atoms with Gasteiger partial charge in [-0.15, -0.1) is 0 Å². The number of phenols is 1. The van der Waals surface area contributed by atoms with Crippen molar-refractivity contribution >= 4 is 5.97 Å². The number of esters is 1. The minimum Gasteiger partial charge on any atom is -0.508 e. The number of aromatic hydroxyl groups is 1. The van der Waals surface area contributed by atoms with Crippen LogP contribution in [0.1, 0.15) is 26.3 Å². The van der Waals surface area contributed by atoms with Crippen molar-refractivity contribution in [1.29, 1.82) is 0 Å². The lowest BCUT2D eigenvalue weighted by atomic mass is 10.1. The molecule has 17 heavy (non-hydrogen) atoms. The summed E-state index contributed by atoms with van der Waals surface area (Å²) in [5.41, 5.74) is 0.161. The van der Waals surface area contributed by atoms with Gasteiger partial charge in [-0.05, 0) is 38.5 Å². The van der Waals surface area contributed by atoms with E-state index in [4.69, 9.17) is 9.84 Å². The Balaban J connectivity index is 2.57. The summed E-state index contributed by atoms with van der Waals surface area (Å²) in [7, 11) is 0. The highest BCUT2D eigenvalue weighted by molar-refractivity contribution is 5.75. The van der Waals surface area contributed by atoms with Crippen molar-refractivity contribution in [3.63, 3.8) is 0 Å². The van der Waals surface area contributed by atoms with Crippen LogP contribution in [0.3, 0.4) is 0 Å². The zero-order valence-electron chi connectivity index (χ0n) is 10.3. The van der Waals surface area contributed by atoms with Crippen LogP contribution in [0.4, 0.5) is 0 Å². The molecule has 1 unspecified atom stereocenters. The third-order valence-corrected chi connectivity index (χ3v) is 2.04. The van der Waals surface area contributed by atoms with E-state index in [9.17, 15) is 9.90 Å². The third kappa shape index (κ3) is 4.87. The number of benzene rings is 1. The molecule has 4 nitrogen and oxygen atoms in total. The van der Waals surface area contributed by atoms with Gasteiger partial charge in [0, 0.05) is 6.42 Å². The molecule has 0 fully saturated rings. The molecule has 0 aliphatic heterocycles. The van der Waals surface area contributed by atoms with Gasteiger partial charge in [0.2, 0.25) is 0 Å². The summed E-state index contributed by atoms with van der Waals surface area (Å²) in [6, 6.07) is 6.33. The number of aliphatic hydroxyl groups is 1. The minimum absolute atomic E-state index is 0.153. The molecular formula is C13H18O4. The fraction of sp³-hybridized carbons (Fsp3) is 0.462. The number of phenolic OH excluding ortho intramolecular Hbond substituents is 1. The summed E-state index contributed by atoms with van der Waals surface area (Å²) in [6.45, 7) is 5.24. The van der Waals surface area contributed by atoms with E-state index >= 15 is 0 Å². The largest absolute Gasteiger partial charge is 0.508 e. The maximum absolute atomic E-state index is 11.5. The van der Waals surface area contributed by atoms with Crippen LogP contribution in [0, 0.1) is 0 Å². The van der Waals surface area contributed by atoms with E-state index < -0.39 is 17.7 Å². The summed E-state index contributed by atoms with van der Waals surface area (Å²) in [5.74, 6) is -0.480. The zero-order chi connectivity index (χ0) is 13.1. The molecule has 0 spiro atoms. The molecular weight excluding hydrogens is 220 g/mol. The van der Waals surface area contributed by atoms with E-state index in [2.05, 4.69) is 0 Å². The molecule has 0 aliphatic carbocycles. The van der Waals surface area contributed by atoms with Crippen LogP contribution in [0.15, 0.2) is 24.3 Å². The van der Waals surface area contributed by atoms with Gasteiger partial charge in [-0.2, -0.15) is 0 Å². The van der Waals surface area contributed by atoms with Crippen LogP contribution in [-0.4, -0.2) is 27.9 Å². The second kappa shape index (κ2) is 5.19. The van der Waals surface area contributed by atoms with Crippen molar-refractivity contribution < 1.29 is 19.7 Å². The van der Waals surface area contributed by atoms with Gasteiger partial charge in [-0.3, -0.25) is 0 Å². The quantitative estimate of drug-likeness (QED) is 0.785. The zero-order valence-corrected chi connectivity index (χ0v) is 10.3. The van der Waals surface area contributed by atoms with E-state index in [0.717, 1.165) is 5.56 Å². The van der Waals surface area contributed by atoms with E-state index in [0.29, 0.717) is 0 Å². The molecule has 94 valence electrons. The van der Waals surface area contributed by atoms with Gasteiger partial charge < -0.3 is 14.9 Å². The first-order chi connectivity index (χ1) is 7.78. The molecule has 0 aliphatic rings. The second-order valence-corrected chi connectivity index (χ2v) is 4.92. The summed E-state index contributed by atoms with van der Waals surface area (Å²) in [4.78, 5) is 11.5. The Morgan fingerprint density at radius 2 is 1.82 bits per heavy atom. The Morgan fingerprint density at radius 1 is 1.29 bits per heavy atom. The number of rotatable bonds is 3. The minimum atomic E-state index is -1.18. The van der Waals surface area contributed by atoms with Crippen LogP contribution in [0.2, 0.25) is 0 Å². The normalized spacial score (nSPS) is 13.2. The van der Waals surface area contributed by atoms with Gasteiger partial charge in [0.1, 0.15) is 11.4 Å². The van der Waals surface area contributed by atoms with Crippen molar-refractivity contribution in [3.8, 4) is 5.75 Å². The van der Waals surface area contributed by atoms with Crippen LogP contribution < -0.4 is 0 Å². The third-order valence-electron chi connectivity index (χ3n) is 2.04. The lowest BCUT2D eigenvalue weighted by Crippen LogP contribution is -2.32. The van der Waals surface area contributed by atoms with Gasteiger partial charge in [0.25, 0.3) is 0 Å². The summed E-state index contributed by atoms with van der Waals surface area (Å²) in [6.07, 6.45) is -1.01. The highest BCUT2D eigenvalue weighted by atomic mass is 16.6. The average molecular weight is 238 g/mol. The van der Waals surface area contributed by atoms with E-state index in [1.165, 1.54) is 12.1 Å². The van der Waals surface area contributed by atoms with Crippen LogP contribution in [-0.2, 0) is 16.0 Å². The number of ether oxygens (including phenoxy) is 1. The molecule has 0 amide bonds. The first-order valence-corrected chi connectivity index (χ1v) is 5.47. The molecule has 1 atom stereocenters. The van der Waals surface area contributed by atoms with Crippen molar-refractivity contribution in [1.82, 2.24) is 0 Å². The second-order valence-electron chi connectivity index (χ2n) is 4.92. The van der Waals surface area contributed by atoms with Crippen molar-refractivity contribution in [2.75, 3.05) is 0 Å². The molecule has 0 aromatic heterocycles. The number of carbonyl (C=O) groups excluding carboxylic acids is 1. The topological polar surface area (TPSA) is 66.8 Å². The first-order valence-electron chi connectivity index (χ1n) is 5.47. The molecule has 4 heteroatoms. The van der Waals surface area contributed by atoms with Crippen LogP contribution >= 0.6 is 0 Å². The summed E-state index contributed by atoms with van der Waals surface area (Å²) < 4.78 is 5.06. The molecule has 1 aromatic rings. The Kier molecular flexibility index (Phi) is 4.12.